The summed E-state index contributed by atoms with van der Waals surface area (Å²) in [5.74, 6) is 0.352. The standard InChI is InChI=1S/C11H14N2O2S2/c1-7(10(15)12-2)13-9(14)6-17-11(13)8-3-4-16-5-8/h3-5,7,11H,6H2,1-2H3,(H,12,15)/t7-,11+/m0/s1. The summed E-state index contributed by atoms with van der Waals surface area (Å²) in [6.45, 7) is 1.77. The summed E-state index contributed by atoms with van der Waals surface area (Å²) in [4.78, 5) is 25.2. The first-order chi connectivity index (χ1) is 8.15. The van der Waals surface area contributed by atoms with E-state index in [2.05, 4.69) is 5.32 Å². The first kappa shape index (κ1) is 12.4. The lowest BCUT2D eigenvalue weighted by molar-refractivity contribution is -0.137. The van der Waals surface area contributed by atoms with Gasteiger partial charge in [0.05, 0.1) is 5.75 Å². The molecule has 0 unspecified atom stereocenters. The maximum Gasteiger partial charge on any atom is 0.242 e. The molecule has 2 heterocycles. The molecule has 17 heavy (non-hydrogen) atoms. The molecule has 4 nitrogen and oxygen atoms in total. The number of nitrogens with zero attached hydrogens (tertiary/aromatic N) is 1. The molecule has 0 aliphatic carbocycles. The van der Waals surface area contributed by atoms with Crippen LogP contribution < -0.4 is 5.32 Å². The molecule has 92 valence electrons. The summed E-state index contributed by atoms with van der Waals surface area (Å²) in [5.41, 5.74) is 1.10. The third kappa shape index (κ3) is 2.32. The normalized spacial score (nSPS) is 21.6. The van der Waals surface area contributed by atoms with E-state index in [9.17, 15) is 9.59 Å². The number of hydrogen-bond donors (Lipinski definition) is 1. The van der Waals surface area contributed by atoms with Gasteiger partial charge in [-0.25, -0.2) is 0 Å². The second-order valence-electron chi connectivity index (χ2n) is 3.81. The monoisotopic (exact) mass is 270 g/mol. The molecule has 1 aromatic rings. The maximum atomic E-state index is 11.9. The molecule has 2 atom stereocenters. The zero-order valence-electron chi connectivity index (χ0n) is 9.67. The molecule has 0 spiro atoms. The summed E-state index contributed by atoms with van der Waals surface area (Å²) in [5, 5.41) is 6.58. The van der Waals surface area contributed by atoms with Gasteiger partial charge >= 0.3 is 0 Å². The molecular formula is C11H14N2O2S2. The highest BCUT2D eigenvalue weighted by Gasteiger charge is 2.38. The third-order valence-electron chi connectivity index (χ3n) is 2.78. The van der Waals surface area contributed by atoms with Gasteiger partial charge in [-0.05, 0) is 29.3 Å². The van der Waals surface area contributed by atoms with E-state index in [-0.39, 0.29) is 17.2 Å². The fourth-order valence-corrected chi connectivity index (χ4v) is 3.88. The van der Waals surface area contributed by atoms with E-state index in [0.29, 0.717) is 5.75 Å². The lowest BCUT2D eigenvalue weighted by Crippen LogP contribution is -2.45. The summed E-state index contributed by atoms with van der Waals surface area (Å²) >= 11 is 3.18. The van der Waals surface area contributed by atoms with Crippen molar-refractivity contribution in [2.24, 2.45) is 0 Å². The van der Waals surface area contributed by atoms with Crippen molar-refractivity contribution in [1.82, 2.24) is 10.2 Å². The number of thiophene rings is 1. The average Bonchev–Trinajstić information content (AvgIpc) is 2.95. The minimum absolute atomic E-state index is 0.0268. The van der Waals surface area contributed by atoms with Crippen LogP contribution in [0.3, 0.4) is 0 Å². The molecule has 0 saturated carbocycles. The van der Waals surface area contributed by atoms with Gasteiger partial charge in [-0.3, -0.25) is 9.59 Å². The van der Waals surface area contributed by atoms with Crippen LogP contribution in [0.1, 0.15) is 17.9 Å². The second-order valence-corrected chi connectivity index (χ2v) is 5.66. The number of thioether (sulfide) groups is 1. The Balaban J connectivity index is 2.23. The van der Waals surface area contributed by atoms with E-state index < -0.39 is 6.04 Å². The van der Waals surface area contributed by atoms with Crippen molar-refractivity contribution < 1.29 is 9.59 Å². The van der Waals surface area contributed by atoms with Gasteiger partial charge in [-0.15, -0.1) is 11.8 Å². The SMILES string of the molecule is CNC(=O)[C@H](C)N1C(=O)CS[C@@H]1c1ccsc1. The fourth-order valence-electron chi connectivity index (χ4n) is 1.86. The molecule has 1 saturated heterocycles. The van der Waals surface area contributed by atoms with Crippen LogP contribution in [0.4, 0.5) is 0 Å². The van der Waals surface area contributed by atoms with Crippen LogP contribution in [-0.2, 0) is 9.59 Å². The van der Waals surface area contributed by atoms with Crippen LogP contribution >= 0.6 is 23.1 Å². The minimum atomic E-state index is -0.424. The Hall–Kier alpha value is -1.01. The van der Waals surface area contributed by atoms with Crippen LogP contribution in [0.15, 0.2) is 16.8 Å². The number of hydrogen-bond acceptors (Lipinski definition) is 4. The van der Waals surface area contributed by atoms with Gasteiger partial charge in [0.2, 0.25) is 11.8 Å². The van der Waals surface area contributed by atoms with Crippen molar-refractivity contribution >= 4 is 34.9 Å². The summed E-state index contributed by atoms with van der Waals surface area (Å²) in [6.07, 6.45) is 0. The summed E-state index contributed by atoms with van der Waals surface area (Å²) < 4.78 is 0. The lowest BCUT2D eigenvalue weighted by atomic mass is 10.2. The smallest absolute Gasteiger partial charge is 0.242 e. The van der Waals surface area contributed by atoms with Gasteiger partial charge in [0.15, 0.2) is 0 Å². The van der Waals surface area contributed by atoms with E-state index in [1.54, 1.807) is 42.0 Å². The number of carbonyl (C=O) groups is 2. The quantitative estimate of drug-likeness (QED) is 0.904. The summed E-state index contributed by atoms with van der Waals surface area (Å²) in [6, 6.07) is 1.58. The third-order valence-corrected chi connectivity index (χ3v) is 4.71. The average molecular weight is 270 g/mol. The fraction of sp³-hybridized carbons (Fsp3) is 0.455. The Bertz CT molecular complexity index is 419. The number of likely N-dealkylation sites (N-methyl/N-ethyl adjacent to an activating group) is 1. The lowest BCUT2D eigenvalue weighted by Gasteiger charge is -2.28. The van der Waals surface area contributed by atoms with Crippen LogP contribution in [0.2, 0.25) is 0 Å². The molecular weight excluding hydrogens is 256 g/mol. The molecule has 2 amide bonds. The zero-order chi connectivity index (χ0) is 12.4. The number of amides is 2. The Morgan fingerprint density at radius 3 is 3.00 bits per heavy atom. The van der Waals surface area contributed by atoms with E-state index in [1.165, 1.54) is 0 Å². The van der Waals surface area contributed by atoms with Gasteiger partial charge in [-0.2, -0.15) is 11.3 Å². The Morgan fingerprint density at radius 1 is 1.65 bits per heavy atom. The highest BCUT2D eigenvalue weighted by molar-refractivity contribution is 8.00. The van der Waals surface area contributed by atoms with E-state index >= 15 is 0 Å². The van der Waals surface area contributed by atoms with Crippen molar-refractivity contribution in [3.63, 3.8) is 0 Å². The van der Waals surface area contributed by atoms with Gasteiger partial charge in [0.1, 0.15) is 11.4 Å². The molecule has 1 N–H and O–H groups in total. The van der Waals surface area contributed by atoms with Gasteiger partial charge in [0.25, 0.3) is 0 Å². The van der Waals surface area contributed by atoms with Crippen molar-refractivity contribution in [1.29, 1.82) is 0 Å². The van der Waals surface area contributed by atoms with Crippen molar-refractivity contribution in [3.8, 4) is 0 Å². The van der Waals surface area contributed by atoms with Crippen LogP contribution in [0.5, 0.6) is 0 Å². The molecule has 1 aromatic heterocycles. The predicted octanol–water partition coefficient (Wildman–Crippen LogP) is 1.46. The van der Waals surface area contributed by atoms with Crippen LogP contribution in [0, 0.1) is 0 Å². The molecule has 0 aromatic carbocycles. The predicted molar refractivity (Wildman–Crippen MR) is 69.9 cm³/mol. The highest BCUT2D eigenvalue weighted by atomic mass is 32.2. The number of rotatable bonds is 3. The highest BCUT2D eigenvalue weighted by Crippen LogP contribution is 2.40. The summed E-state index contributed by atoms with van der Waals surface area (Å²) in [7, 11) is 1.59. The second kappa shape index (κ2) is 5.10. The van der Waals surface area contributed by atoms with Gasteiger partial charge < -0.3 is 10.2 Å². The molecule has 1 aliphatic rings. The molecule has 2 rings (SSSR count). The molecule has 0 bridgehead atoms. The van der Waals surface area contributed by atoms with Gasteiger partial charge in [0, 0.05) is 7.05 Å². The van der Waals surface area contributed by atoms with Crippen molar-refractivity contribution in [2.45, 2.75) is 18.3 Å². The maximum absolute atomic E-state index is 11.9. The Morgan fingerprint density at radius 2 is 2.41 bits per heavy atom. The topological polar surface area (TPSA) is 49.4 Å². The molecule has 0 radical (unpaired) electrons. The number of nitrogens with one attached hydrogen (secondary N) is 1. The Labute approximate surface area is 108 Å². The van der Waals surface area contributed by atoms with Crippen LogP contribution in [0.25, 0.3) is 0 Å². The Kier molecular flexibility index (Phi) is 3.73. The molecule has 6 heteroatoms. The first-order valence-corrected chi connectivity index (χ1v) is 7.30. The zero-order valence-corrected chi connectivity index (χ0v) is 11.3. The number of carbonyl (C=O) groups excluding carboxylic acids is 2. The first-order valence-electron chi connectivity index (χ1n) is 5.31. The van der Waals surface area contributed by atoms with Crippen molar-refractivity contribution in [2.75, 3.05) is 12.8 Å². The largest absolute Gasteiger partial charge is 0.357 e. The molecule has 1 fully saturated rings. The minimum Gasteiger partial charge on any atom is -0.357 e. The van der Waals surface area contributed by atoms with E-state index in [4.69, 9.17) is 0 Å². The van der Waals surface area contributed by atoms with Crippen molar-refractivity contribution in [3.05, 3.63) is 22.4 Å². The van der Waals surface area contributed by atoms with E-state index in [1.807, 2.05) is 16.8 Å². The molecule has 1 aliphatic heterocycles. The van der Waals surface area contributed by atoms with E-state index in [0.717, 1.165) is 5.56 Å². The van der Waals surface area contributed by atoms with Crippen LogP contribution in [-0.4, -0.2) is 35.6 Å². The van der Waals surface area contributed by atoms with Gasteiger partial charge in [-0.1, -0.05) is 0 Å².